The molecule has 26 heavy (non-hydrogen) atoms. The van der Waals surface area contributed by atoms with Crippen molar-refractivity contribution in [2.75, 3.05) is 27.2 Å². The summed E-state index contributed by atoms with van der Waals surface area (Å²) in [5, 5.41) is 6.55. The molecule has 0 amide bonds. The Morgan fingerprint density at radius 3 is 2.38 bits per heavy atom. The maximum absolute atomic E-state index is 13.1. The molecule has 0 aliphatic carbocycles. The molecule has 0 saturated carbocycles. The van der Waals surface area contributed by atoms with Crippen LogP contribution in [0.3, 0.4) is 0 Å². The number of benzene rings is 2. The molecule has 0 unspecified atom stereocenters. The van der Waals surface area contributed by atoms with Crippen LogP contribution in [0.4, 0.5) is 4.39 Å². The van der Waals surface area contributed by atoms with Gasteiger partial charge in [-0.05, 0) is 54.7 Å². The molecule has 0 aromatic heterocycles. The van der Waals surface area contributed by atoms with Gasteiger partial charge < -0.3 is 15.4 Å². The second kappa shape index (κ2) is 12.5. The first-order valence-electron chi connectivity index (χ1n) is 8.53. The first-order valence-corrected chi connectivity index (χ1v) is 8.53. The number of rotatable bonds is 8. The standard InChI is InChI=1S/C20H26FN3O.HI/c1-22-20(24-14-12-17-5-3-7-18(21)15-17)23-13-4-6-16-8-10-19(25-2)11-9-16;/h3,5,7-11,15H,4,6,12-14H2,1-2H3,(H2,22,23,24);1H. The van der Waals surface area contributed by atoms with Crippen LogP contribution in [-0.2, 0) is 12.8 Å². The van der Waals surface area contributed by atoms with Crippen LogP contribution in [0.5, 0.6) is 5.75 Å². The Bertz CT molecular complexity index is 677. The number of hydrogen-bond donors (Lipinski definition) is 2. The van der Waals surface area contributed by atoms with E-state index in [1.165, 1.54) is 11.6 Å². The number of aryl methyl sites for hydroxylation is 1. The third kappa shape index (κ3) is 8.03. The molecule has 2 rings (SSSR count). The van der Waals surface area contributed by atoms with Gasteiger partial charge in [0.15, 0.2) is 5.96 Å². The average molecular weight is 471 g/mol. The number of nitrogens with one attached hydrogen (secondary N) is 2. The first kappa shape index (κ1) is 22.2. The summed E-state index contributed by atoms with van der Waals surface area (Å²) >= 11 is 0. The zero-order valence-corrected chi connectivity index (χ0v) is 17.6. The van der Waals surface area contributed by atoms with Gasteiger partial charge in [-0.2, -0.15) is 0 Å². The van der Waals surface area contributed by atoms with Gasteiger partial charge in [-0.3, -0.25) is 4.99 Å². The summed E-state index contributed by atoms with van der Waals surface area (Å²) in [6, 6.07) is 14.8. The van der Waals surface area contributed by atoms with Crippen molar-refractivity contribution in [3.8, 4) is 5.75 Å². The lowest BCUT2D eigenvalue weighted by molar-refractivity contribution is 0.414. The van der Waals surface area contributed by atoms with Gasteiger partial charge >= 0.3 is 0 Å². The SMILES string of the molecule is CN=C(NCCCc1ccc(OC)cc1)NCCc1cccc(F)c1.I. The zero-order valence-electron chi connectivity index (χ0n) is 15.3. The van der Waals surface area contributed by atoms with Gasteiger partial charge in [0, 0.05) is 20.1 Å². The summed E-state index contributed by atoms with van der Waals surface area (Å²) in [5.74, 6) is 1.45. The van der Waals surface area contributed by atoms with Crippen LogP contribution < -0.4 is 15.4 Å². The Morgan fingerprint density at radius 1 is 1.00 bits per heavy atom. The second-order valence-corrected chi connectivity index (χ2v) is 5.76. The van der Waals surface area contributed by atoms with Gasteiger partial charge in [-0.15, -0.1) is 24.0 Å². The Balaban J connectivity index is 0.00000338. The molecule has 0 bridgehead atoms. The van der Waals surface area contributed by atoms with E-state index in [9.17, 15) is 4.39 Å². The van der Waals surface area contributed by atoms with Gasteiger partial charge in [0.2, 0.25) is 0 Å². The number of hydrogen-bond acceptors (Lipinski definition) is 2. The largest absolute Gasteiger partial charge is 0.497 e. The highest BCUT2D eigenvalue weighted by Crippen LogP contribution is 2.12. The predicted molar refractivity (Wildman–Crippen MR) is 116 cm³/mol. The van der Waals surface area contributed by atoms with Crippen molar-refractivity contribution in [1.82, 2.24) is 10.6 Å². The van der Waals surface area contributed by atoms with Gasteiger partial charge in [-0.1, -0.05) is 24.3 Å². The summed E-state index contributed by atoms with van der Waals surface area (Å²) < 4.78 is 18.3. The molecule has 0 heterocycles. The third-order valence-electron chi connectivity index (χ3n) is 3.91. The number of halogens is 2. The van der Waals surface area contributed by atoms with E-state index >= 15 is 0 Å². The topological polar surface area (TPSA) is 45.7 Å². The summed E-state index contributed by atoms with van der Waals surface area (Å²) in [4.78, 5) is 4.21. The molecule has 142 valence electrons. The maximum atomic E-state index is 13.1. The summed E-state index contributed by atoms with van der Waals surface area (Å²) in [5.41, 5.74) is 2.26. The quantitative estimate of drug-likeness (QED) is 0.267. The minimum absolute atomic E-state index is 0. The fourth-order valence-corrected chi connectivity index (χ4v) is 2.53. The molecule has 0 aliphatic heterocycles. The molecular weight excluding hydrogens is 444 g/mol. The molecule has 0 fully saturated rings. The number of nitrogens with zero attached hydrogens (tertiary/aromatic N) is 1. The Kier molecular flexibility index (Phi) is 10.7. The van der Waals surface area contributed by atoms with E-state index in [0.29, 0.717) is 6.54 Å². The van der Waals surface area contributed by atoms with Crippen LogP contribution >= 0.6 is 24.0 Å². The van der Waals surface area contributed by atoms with Crippen molar-refractivity contribution >= 4 is 29.9 Å². The van der Waals surface area contributed by atoms with Crippen LogP contribution in [0.1, 0.15) is 17.5 Å². The average Bonchev–Trinajstić information content (AvgIpc) is 2.64. The highest BCUT2D eigenvalue weighted by atomic mass is 127. The Labute approximate surface area is 172 Å². The van der Waals surface area contributed by atoms with Gasteiger partial charge in [0.05, 0.1) is 7.11 Å². The predicted octanol–water partition coefficient (Wildman–Crippen LogP) is 3.79. The lowest BCUT2D eigenvalue weighted by Crippen LogP contribution is -2.38. The van der Waals surface area contributed by atoms with Crippen molar-refractivity contribution in [3.05, 3.63) is 65.5 Å². The van der Waals surface area contributed by atoms with Crippen molar-refractivity contribution in [1.29, 1.82) is 0 Å². The minimum atomic E-state index is -0.196. The zero-order chi connectivity index (χ0) is 17.9. The normalized spacial score (nSPS) is 10.8. The van der Waals surface area contributed by atoms with E-state index in [2.05, 4.69) is 27.8 Å². The molecule has 2 aromatic carbocycles. The van der Waals surface area contributed by atoms with E-state index in [4.69, 9.17) is 4.74 Å². The second-order valence-electron chi connectivity index (χ2n) is 5.76. The summed E-state index contributed by atoms with van der Waals surface area (Å²) in [6.45, 7) is 1.55. The number of ether oxygens (including phenoxy) is 1. The first-order chi connectivity index (χ1) is 12.2. The van der Waals surface area contributed by atoms with Crippen LogP contribution in [0.15, 0.2) is 53.5 Å². The molecule has 6 heteroatoms. The Hall–Kier alpha value is -1.83. The number of aliphatic imine (C=N–C) groups is 1. The summed E-state index contributed by atoms with van der Waals surface area (Å²) in [6.07, 6.45) is 2.76. The van der Waals surface area contributed by atoms with Crippen LogP contribution in [0.25, 0.3) is 0 Å². The smallest absolute Gasteiger partial charge is 0.190 e. The molecule has 0 saturated heterocycles. The highest BCUT2D eigenvalue weighted by molar-refractivity contribution is 14.0. The minimum Gasteiger partial charge on any atom is -0.497 e. The molecule has 0 aliphatic rings. The fourth-order valence-electron chi connectivity index (χ4n) is 2.53. The molecule has 0 radical (unpaired) electrons. The number of guanidine groups is 1. The van der Waals surface area contributed by atoms with Crippen molar-refractivity contribution in [2.24, 2.45) is 4.99 Å². The molecule has 0 spiro atoms. The molecule has 2 N–H and O–H groups in total. The van der Waals surface area contributed by atoms with Gasteiger partial charge in [0.25, 0.3) is 0 Å². The Morgan fingerprint density at radius 2 is 1.73 bits per heavy atom. The van der Waals surface area contributed by atoms with E-state index in [1.54, 1.807) is 26.3 Å². The summed E-state index contributed by atoms with van der Waals surface area (Å²) in [7, 11) is 3.42. The van der Waals surface area contributed by atoms with E-state index in [-0.39, 0.29) is 29.8 Å². The highest BCUT2D eigenvalue weighted by Gasteiger charge is 2.00. The third-order valence-corrected chi connectivity index (χ3v) is 3.91. The molecule has 4 nitrogen and oxygen atoms in total. The van der Waals surface area contributed by atoms with Crippen LogP contribution in [0, 0.1) is 5.82 Å². The van der Waals surface area contributed by atoms with E-state index in [0.717, 1.165) is 43.1 Å². The van der Waals surface area contributed by atoms with Gasteiger partial charge in [-0.25, -0.2) is 4.39 Å². The molecule has 2 aromatic rings. The molecule has 0 atom stereocenters. The van der Waals surface area contributed by atoms with Crippen molar-refractivity contribution in [2.45, 2.75) is 19.3 Å². The van der Waals surface area contributed by atoms with E-state index in [1.807, 2.05) is 18.2 Å². The van der Waals surface area contributed by atoms with Crippen molar-refractivity contribution in [3.63, 3.8) is 0 Å². The monoisotopic (exact) mass is 471 g/mol. The maximum Gasteiger partial charge on any atom is 0.190 e. The van der Waals surface area contributed by atoms with Crippen molar-refractivity contribution < 1.29 is 9.13 Å². The lowest BCUT2D eigenvalue weighted by atomic mass is 10.1. The molecular formula is C20H27FIN3O. The van der Waals surface area contributed by atoms with Crippen LogP contribution in [0.2, 0.25) is 0 Å². The lowest BCUT2D eigenvalue weighted by Gasteiger charge is -2.12. The fraction of sp³-hybridized carbons (Fsp3) is 0.350. The van der Waals surface area contributed by atoms with Crippen LogP contribution in [-0.4, -0.2) is 33.2 Å². The van der Waals surface area contributed by atoms with E-state index < -0.39 is 0 Å². The number of methoxy groups -OCH3 is 1. The van der Waals surface area contributed by atoms with Gasteiger partial charge in [0.1, 0.15) is 11.6 Å².